The van der Waals surface area contributed by atoms with E-state index in [-0.39, 0.29) is 37.2 Å². The summed E-state index contributed by atoms with van der Waals surface area (Å²) in [4.78, 5) is 81.1. The molecule has 0 spiro atoms. The zero-order valence-electron chi connectivity index (χ0n) is 31.1. The summed E-state index contributed by atoms with van der Waals surface area (Å²) in [6.07, 6.45) is 2.04. The van der Waals surface area contributed by atoms with Crippen molar-refractivity contribution >= 4 is 35.4 Å². The molecule has 288 valence electrons. The molecule has 0 aromatic heterocycles. The number of amides is 6. The van der Waals surface area contributed by atoms with Crippen molar-refractivity contribution in [3.05, 3.63) is 65.7 Å². The fourth-order valence-corrected chi connectivity index (χ4v) is 6.34. The third-order valence-electron chi connectivity index (χ3n) is 9.45. The highest BCUT2D eigenvalue weighted by Gasteiger charge is 2.34. The van der Waals surface area contributed by atoms with Gasteiger partial charge in [-0.2, -0.15) is 0 Å². The minimum Gasteiger partial charge on any atom is -0.491 e. The monoisotopic (exact) mass is 734 g/mol. The van der Waals surface area contributed by atoms with Crippen LogP contribution in [0.25, 0.3) is 0 Å². The fourth-order valence-electron chi connectivity index (χ4n) is 6.34. The number of nitrogens with zero attached hydrogens (tertiary/aromatic N) is 1. The molecule has 6 amide bonds. The number of carbonyl (C=O) groups is 6. The number of nitrogens with one attached hydrogen (secondary N) is 5. The summed E-state index contributed by atoms with van der Waals surface area (Å²) in [5.74, 6) is -2.73. The lowest BCUT2D eigenvalue weighted by molar-refractivity contribution is -0.136. The van der Waals surface area contributed by atoms with Crippen LogP contribution >= 0.6 is 0 Å². The SMILES string of the molecule is CC(C)[C@H]1NC(=O)[C@H]([C@@H](C)O)NC(=O)[C@@H](C)NC(=O)[C@@H](NC(=O)CCCN2CCCCC2=O)Cc2ccc(cc2)OC[C@H](Cc2ccccc2)NC1=O. The molecule has 14 nitrogen and oxygen atoms in total. The number of benzene rings is 2. The lowest BCUT2D eigenvalue weighted by Gasteiger charge is -2.29. The van der Waals surface area contributed by atoms with E-state index >= 15 is 0 Å². The van der Waals surface area contributed by atoms with Crippen LogP contribution in [0.3, 0.4) is 0 Å². The minimum absolute atomic E-state index is 0.0808. The molecule has 3 heterocycles. The van der Waals surface area contributed by atoms with Gasteiger partial charge in [-0.05, 0) is 68.7 Å². The molecule has 14 heteroatoms. The molecule has 6 atom stereocenters. The number of aliphatic hydroxyl groups excluding tert-OH is 1. The second-order valence-corrected chi connectivity index (χ2v) is 14.3. The fraction of sp³-hybridized carbons (Fsp3) is 0.538. The van der Waals surface area contributed by atoms with Crippen molar-refractivity contribution in [2.75, 3.05) is 19.7 Å². The normalized spacial score (nSPS) is 24.3. The Bertz CT molecular complexity index is 1570. The van der Waals surface area contributed by atoms with E-state index in [9.17, 15) is 33.9 Å². The number of carbonyl (C=O) groups excluding carboxylic acids is 6. The summed E-state index contributed by atoms with van der Waals surface area (Å²) in [5.41, 5.74) is 1.68. The molecule has 3 aliphatic heterocycles. The Morgan fingerprint density at radius 2 is 1.55 bits per heavy atom. The van der Waals surface area contributed by atoms with Gasteiger partial charge in [-0.3, -0.25) is 28.8 Å². The quantitative estimate of drug-likeness (QED) is 0.207. The highest BCUT2D eigenvalue weighted by Crippen LogP contribution is 2.16. The van der Waals surface area contributed by atoms with E-state index in [1.807, 2.05) is 30.3 Å². The van der Waals surface area contributed by atoms with Crippen LogP contribution in [-0.4, -0.2) is 101 Å². The lowest BCUT2D eigenvalue weighted by Crippen LogP contribution is -2.61. The molecule has 3 aliphatic rings. The van der Waals surface area contributed by atoms with Crippen LogP contribution in [0.2, 0.25) is 0 Å². The Morgan fingerprint density at radius 3 is 2.21 bits per heavy atom. The first-order valence-corrected chi connectivity index (χ1v) is 18.5. The van der Waals surface area contributed by atoms with E-state index in [0.29, 0.717) is 43.7 Å². The summed E-state index contributed by atoms with van der Waals surface area (Å²) in [5, 5.41) is 24.1. The number of rotatable bonds is 9. The molecule has 2 bridgehead atoms. The van der Waals surface area contributed by atoms with Crippen LogP contribution in [0.1, 0.15) is 70.9 Å². The van der Waals surface area contributed by atoms with Crippen LogP contribution in [0.5, 0.6) is 5.75 Å². The molecule has 53 heavy (non-hydrogen) atoms. The molecular formula is C39H54N6O8. The van der Waals surface area contributed by atoms with Gasteiger partial charge in [-0.1, -0.05) is 56.3 Å². The Hall–Kier alpha value is -4.98. The highest BCUT2D eigenvalue weighted by atomic mass is 16.5. The van der Waals surface area contributed by atoms with Crippen LogP contribution in [0, 0.1) is 5.92 Å². The molecule has 2 aromatic carbocycles. The maximum absolute atomic E-state index is 13.7. The van der Waals surface area contributed by atoms with E-state index in [1.165, 1.54) is 13.8 Å². The average molecular weight is 735 g/mol. The largest absolute Gasteiger partial charge is 0.491 e. The Labute approximate surface area is 311 Å². The highest BCUT2D eigenvalue weighted by molar-refractivity contribution is 5.95. The van der Waals surface area contributed by atoms with E-state index in [2.05, 4.69) is 26.6 Å². The van der Waals surface area contributed by atoms with E-state index in [4.69, 9.17) is 4.74 Å². The third kappa shape index (κ3) is 12.6. The number of aliphatic hydroxyl groups is 1. The van der Waals surface area contributed by atoms with Crippen LogP contribution < -0.4 is 31.3 Å². The standard InChI is InChI=1S/C39H54N6O8/c1-24(2)34-38(51)41-29(21-27-11-6-5-7-12-27)23-53-30-17-15-28(16-18-30)22-31(42-32(47)13-10-20-45-19-9-8-14-33(45)48)37(50)40-25(3)36(49)44-35(26(4)46)39(52)43-34/h5-7,11-12,15-18,24-26,29,31,34-35,46H,8-10,13-14,19-23H2,1-4H3,(H,40,50)(H,41,51)(H,42,47)(H,43,52)(H,44,49)/t25-,26-,29+,31+,34-,35+/m1/s1. The summed E-state index contributed by atoms with van der Waals surface area (Å²) in [6, 6.07) is 11.5. The van der Waals surface area contributed by atoms with Gasteiger partial charge in [-0.25, -0.2) is 0 Å². The van der Waals surface area contributed by atoms with Gasteiger partial charge < -0.3 is 41.3 Å². The Kier molecular flexibility index (Phi) is 15.2. The number of hydrogen-bond donors (Lipinski definition) is 6. The minimum atomic E-state index is -1.44. The average Bonchev–Trinajstić information content (AvgIpc) is 3.12. The molecular weight excluding hydrogens is 680 g/mol. The van der Waals surface area contributed by atoms with Gasteiger partial charge in [0.1, 0.15) is 36.5 Å². The number of likely N-dealkylation sites (tertiary alicyclic amines) is 1. The van der Waals surface area contributed by atoms with E-state index in [0.717, 1.165) is 18.4 Å². The van der Waals surface area contributed by atoms with Crippen molar-refractivity contribution in [1.82, 2.24) is 31.5 Å². The zero-order chi connectivity index (χ0) is 38.5. The van der Waals surface area contributed by atoms with Crippen LogP contribution in [0.4, 0.5) is 0 Å². The van der Waals surface area contributed by atoms with Gasteiger partial charge in [0, 0.05) is 32.4 Å². The van der Waals surface area contributed by atoms with Gasteiger partial charge in [-0.15, -0.1) is 0 Å². The van der Waals surface area contributed by atoms with Crippen molar-refractivity contribution in [2.45, 2.75) is 109 Å². The number of ether oxygens (including phenoxy) is 1. The number of fused-ring (bicyclic) bond motifs is 17. The van der Waals surface area contributed by atoms with Crippen LogP contribution in [-0.2, 0) is 41.6 Å². The van der Waals surface area contributed by atoms with Crippen molar-refractivity contribution < 1.29 is 38.6 Å². The predicted molar refractivity (Wildman–Crippen MR) is 197 cm³/mol. The molecule has 0 saturated carbocycles. The smallest absolute Gasteiger partial charge is 0.245 e. The first-order chi connectivity index (χ1) is 25.3. The van der Waals surface area contributed by atoms with Crippen molar-refractivity contribution in [3.63, 3.8) is 0 Å². The van der Waals surface area contributed by atoms with Gasteiger partial charge in [0.2, 0.25) is 35.4 Å². The first kappa shape index (κ1) is 40.8. The zero-order valence-corrected chi connectivity index (χ0v) is 31.1. The maximum Gasteiger partial charge on any atom is 0.245 e. The second-order valence-electron chi connectivity index (χ2n) is 14.3. The van der Waals surface area contributed by atoms with Crippen molar-refractivity contribution in [2.24, 2.45) is 5.92 Å². The number of hydrogen-bond acceptors (Lipinski definition) is 8. The maximum atomic E-state index is 13.7. The summed E-state index contributed by atoms with van der Waals surface area (Å²) < 4.78 is 6.12. The van der Waals surface area contributed by atoms with E-state index in [1.54, 1.807) is 43.0 Å². The molecule has 1 fully saturated rings. The predicted octanol–water partition coefficient (Wildman–Crippen LogP) is 1.14. The third-order valence-corrected chi connectivity index (χ3v) is 9.45. The first-order valence-electron chi connectivity index (χ1n) is 18.5. The second kappa shape index (κ2) is 19.7. The molecule has 5 rings (SSSR count). The van der Waals surface area contributed by atoms with Gasteiger partial charge in [0.15, 0.2) is 0 Å². The molecule has 2 aromatic rings. The van der Waals surface area contributed by atoms with Crippen molar-refractivity contribution in [1.29, 1.82) is 0 Å². The van der Waals surface area contributed by atoms with Gasteiger partial charge in [0.05, 0.1) is 12.1 Å². The molecule has 1 saturated heterocycles. The molecule has 0 radical (unpaired) electrons. The summed E-state index contributed by atoms with van der Waals surface area (Å²) in [6.45, 7) is 7.52. The van der Waals surface area contributed by atoms with Gasteiger partial charge in [0.25, 0.3) is 0 Å². The summed E-state index contributed by atoms with van der Waals surface area (Å²) in [7, 11) is 0. The van der Waals surface area contributed by atoms with E-state index < -0.39 is 59.9 Å². The number of piperidine rings is 1. The molecule has 0 aliphatic carbocycles. The topological polar surface area (TPSA) is 195 Å². The lowest BCUT2D eigenvalue weighted by atomic mass is 10.0. The van der Waals surface area contributed by atoms with Crippen molar-refractivity contribution in [3.8, 4) is 5.75 Å². The van der Waals surface area contributed by atoms with Gasteiger partial charge >= 0.3 is 0 Å². The molecule has 6 N–H and O–H groups in total. The Morgan fingerprint density at radius 1 is 0.868 bits per heavy atom. The summed E-state index contributed by atoms with van der Waals surface area (Å²) >= 11 is 0. The molecule has 0 unspecified atom stereocenters. The van der Waals surface area contributed by atoms with Crippen LogP contribution in [0.15, 0.2) is 54.6 Å². The Balaban J connectivity index is 1.57.